The van der Waals surface area contributed by atoms with E-state index in [0.717, 1.165) is 12.8 Å². The number of nitrogens with two attached hydrogens (primary N) is 1. The monoisotopic (exact) mass is 517 g/mol. The Labute approximate surface area is 221 Å². The van der Waals surface area contributed by atoms with Crippen LogP contribution in [0.15, 0.2) is 0 Å². The summed E-state index contributed by atoms with van der Waals surface area (Å²) in [6.45, 7) is 2.73. The Kier molecular flexibility index (Phi) is 28.3. The van der Waals surface area contributed by atoms with E-state index in [1.165, 1.54) is 154 Å². The highest BCUT2D eigenvalue weighted by atomic mass is 32.2. The Morgan fingerprint density at radius 2 is 0.714 bits per heavy atom. The molecule has 0 aliphatic rings. The number of hydrogen-bond donors (Lipinski definition) is 1. The smallest absolute Gasteiger partial charge is 0.268 e. The lowest BCUT2D eigenvalue weighted by molar-refractivity contribution is 0.306. The van der Waals surface area contributed by atoms with Crippen molar-refractivity contribution in [3.63, 3.8) is 0 Å². The van der Waals surface area contributed by atoms with E-state index in [9.17, 15) is 8.42 Å². The van der Waals surface area contributed by atoms with Gasteiger partial charge in [-0.1, -0.05) is 167 Å². The Hall–Kier alpha value is -0.130. The molecule has 0 radical (unpaired) electrons. The summed E-state index contributed by atoms with van der Waals surface area (Å²) in [4.78, 5) is 0. The molecule has 0 aromatic carbocycles. The highest BCUT2D eigenvalue weighted by Crippen LogP contribution is 2.16. The number of unbranched alkanes of at least 4 members (excludes halogenated alkanes) is 25. The zero-order valence-electron chi connectivity index (χ0n) is 23.7. The van der Waals surface area contributed by atoms with E-state index >= 15 is 0 Å². The van der Waals surface area contributed by atoms with Crippen LogP contribution in [0.3, 0.4) is 0 Å². The maximum absolute atomic E-state index is 11.4. The molecule has 35 heavy (non-hydrogen) atoms. The molecule has 5 heteroatoms. The number of rotatable bonds is 30. The normalized spacial score (nSPS) is 11.9. The van der Waals surface area contributed by atoms with Crippen molar-refractivity contribution in [3.05, 3.63) is 0 Å². The molecule has 0 saturated heterocycles. The Morgan fingerprint density at radius 3 is 0.971 bits per heavy atom. The van der Waals surface area contributed by atoms with Crippen molar-refractivity contribution < 1.29 is 12.6 Å². The van der Waals surface area contributed by atoms with Crippen LogP contribution in [0.1, 0.15) is 174 Å². The number of hydrogen-bond acceptors (Lipinski definition) is 4. The Bertz CT molecular complexity index is 496. The van der Waals surface area contributed by atoms with Crippen LogP contribution >= 0.6 is 0 Å². The third-order valence-electron chi connectivity index (χ3n) is 7.13. The fourth-order valence-electron chi connectivity index (χ4n) is 4.81. The van der Waals surface area contributed by atoms with Crippen LogP contribution in [-0.2, 0) is 14.3 Å². The molecule has 0 aliphatic heterocycles. The second kappa shape index (κ2) is 28.4. The summed E-state index contributed by atoms with van der Waals surface area (Å²) in [6, 6.07) is 0. The van der Waals surface area contributed by atoms with Crippen LogP contribution < -0.4 is 5.73 Å². The van der Waals surface area contributed by atoms with Crippen molar-refractivity contribution in [2.24, 2.45) is 5.73 Å². The molecule has 0 rings (SSSR count). The van der Waals surface area contributed by atoms with Gasteiger partial charge in [-0.2, -0.15) is 8.42 Å². The van der Waals surface area contributed by atoms with Gasteiger partial charge >= 0.3 is 0 Å². The molecule has 212 valence electrons. The molecule has 0 amide bonds. The van der Waals surface area contributed by atoms with E-state index in [1.54, 1.807) is 0 Å². The van der Waals surface area contributed by atoms with Crippen LogP contribution in [0.25, 0.3) is 0 Å². The zero-order chi connectivity index (χ0) is 25.7. The first-order valence-electron chi connectivity index (χ1n) is 15.7. The molecule has 0 heterocycles. The van der Waals surface area contributed by atoms with Gasteiger partial charge in [0.25, 0.3) is 10.1 Å². The van der Waals surface area contributed by atoms with Gasteiger partial charge in [-0.25, -0.2) is 0 Å². The lowest BCUT2D eigenvalue weighted by Crippen LogP contribution is -2.18. The van der Waals surface area contributed by atoms with Crippen LogP contribution in [0.2, 0.25) is 0 Å². The van der Waals surface area contributed by atoms with E-state index in [0.29, 0.717) is 6.61 Å². The fraction of sp³-hybridized carbons (Fsp3) is 1.00. The molecule has 0 aromatic heterocycles. The molecule has 0 saturated carbocycles. The topological polar surface area (TPSA) is 69.4 Å². The highest BCUT2D eigenvalue weighted by molar-refractivity contribution is 7.86. The van der Waals surface area contributed by atoms with E-state index in [1.807, 2.05) is 0 Å². The van der Waals surface area contributed by atoms with Crippen LogP contribution in [0.5, 0.6) is 0 Å². The van der Waals surface area contributed by atoms with E-state index in [4.69, 9.17) is 9.92 Å². The lowest BCUT2D eigenvalue weighted by atomic mass is 10.0. The lowest BCUT2D eigenvalue weighted by Gasteiger charge is -2.05. The fourth-order valence-corrected chi connectivity index (χ4v) is 5.59. The summed E-state index contributed by atoms with van der Waals surface area (Å²) in [7, 11) is -3.39. The average molecular weight is 518 g/mol. The molecule has 4 nitrogen and oxygen atoms in total. The maximum Gasteiger partial charge on any atom is 0.268 e. The van der Waals surface area contributed by atoms with Crippen molar-refractivity contribution >= 4 is 10.1 Å². The van der Waals surface area contributed by atoms with Crippen LogP contribution in [0, 0.1) is 0 Å². The van der Waals surface area contributed by atoms with Crippen LogP contribution in [0.4, 0.5) is 0 Å². The summed E-state index contributed by atoms with van der Waals surface area (Å²) in [5.41, 5.74) is 5.25. The molecule has 0 fully saturated rings. The summed E-state index contributed by atoms with van der Waals surface area (Å²) in [5, 5.41) is 0. The van der Waals surface area contributed by atoms with Crippen molar-refractivity contribution in [1.82, 2.24) is 0 Å². The standard InChI is InChI=1S/C30H63NO3S/c1-2-3-4-5-6-7-8-9-10-11-12-13-14-15-16-17-18-19-20-21-22-23-24-25-26-27-29-34-35(32,33)30-28-31/h2-31H2,1H3. The highest BCUT2D eigenvalue weighted by Gasteiger charge is 2.08. The first-order valence-corrected chi connectivity index (χ1v) is 17.3. The molecule has 0 atom stereocenters. The van der Waals surface area contributed by atoms with Gasteiger partial charge in [0.1, 0.15) is 0 Å². The molecule has 0 aromatic rings. The molecule has 0 spiro atoms. The minimum Gasteiger partial charge on any atom is -0.329 e. The maximum atomic E-state index is 11.4. The average Bonchev–Trinajstić information content (AvgIpc) is 2.83. The van der Waals surface area contributed by atoms with Crippen molar-refractivity contribution in [1.29, 1.82) is 0 Å². The van der Waals surface area contributed by atoms with Gasteiger partial charge in [0.2, 0.25) is 0 Å². The summed E-state index contributed by atoms with van der Waals surface area (Å²) in [5.74, 6) is -0.0769. The van der Waals surface area contributed by atoms with Crippen molar-refractivity contribution in [3.8, 4) is 0 Å². The first-order chi connectivity index (χ1) is 17.1. The summed E-state index contributed by atoms with van der Waals surface area (Å²) >= 11 is 0. The third-order valence-corrected chi connectivity index (χ3v) is 8.39. The van der Waals surface area contributed by atoms with Gasteiger partial charge in [-0.15, -0.1) is 0 Å². The quantitative estimate of drug-likeness (QED) is 0.0760. The molecular formula is C30H63NO3S. The largest absolute Gasteiger partial charge is 0.329 e. The second-order valence-electron chi connectivity index (χ2n) is 10.7. The minimum absolute atomic E-state index is 0.0769. The van der Waals surface area contributed by atoms with Gasteiger partial charge in [0, 0.05) is 6.54 Å². The predicted molar refractivity (Wildman–Crippen MR) is 155 cm³/mol. The molecule has 0 unspecified atom stereocenters. The van der Waals surface area contributed by atoms with Crippen LogP contribution in [-0.4, -0.2) is 27.3 Å². The van der Waals surface area contributed by atoms with E-state index in [-0.39, 0.29) is 12.3 Å². The van der Waals surface area contributed by atoms with Gasteiger partial charge in [-0.05, 0) is 6.42 Å². The third kappa shape index (κ3) is 30.0. The second-order valence-corrected chi connectivity index (χ2v) is 12.5. The van der Waals surface area contributed by atoms with Gasteiger partial charge in [0.05, 0.1) is 12.4 Å². The van der Waals surface area contributed by atoms with Gasteiger partial charge < -0.3 is 5.73 Å². The van der Waals surface area contributed by atoms with Crippen molar-refractivity contribution in [2.45, 2.75) is 174 Å². The zero-order valence-corrected chi connectivity index (χ0v) is 24.5. The molecular weight excluding hydrogens is 454 g/mol. The Balaban J connectivity index is 3.09. The SMILES string of the molecule is CCCCCCCCCCCCCCCCCCCCCCCCCCCCOS(=O)(=O)CCN. The molecule has 2 N–H and O–H groups in total. The van der Waals surface area contributed by atoms with Gasteiger partial charge in [0.15, 0.2) is 0 Å². The van der Waals surface area contributed by atoms with Crippen molar-refractivity contribution in [2.75, 3.05) is 18.9 Å². The van der Waals surface area contributed by atoms with E-state index < -0.39 is 10.1 Å². The predicted octanol–water partition coefficient (Wildman–Crippen LogP) is 9.45. The minimum atomic E-state index is -3.39. The summed E-state index contributed by atoms with van der Waals surface area (Å²) in [6.07, 6.45) is 35.7. The van der Waals surface area contributed by atoms with E-state index in [2.05, 4.69) is 6.92 Å². The Morgan fingerprint density at radius 1 is 0.457 bits per heavy atom. The first kappa shape index (κ1) is 34.9. The molecule has 0 aliphatic carbocycles. The summed E-state index contributed by atoms with van der Waals surface area (Å²) < 4.78 is 27.7. The van der Waals surface area contributed by atoms with Gasteiger partial charge in [-0.3, -0.25) is 4.18 Å². The molecule has 0 bridgehead atoms.